The van der Waals surface area contributed by atoms with Crippen LogP contribution in [0, 0.1) is 36.4 Å². The summed E-state index contributed by atoms with van der Waals surface area (Å²) in [7, 11) is 4.77. The molecule has 1 amide bonds. The number of Topliss-reactive ketones (excluding diaryl/α,β-unsaturated/α-hetero) is 3. The second kappa shape index (κ2) is 23.3. The van der Waals surface area contributed by atoms with Gasteiger partial charge in [-0.25, -0.2) is 9.18 Å². The molecule has 0 spiro atoms. The number of halogens is 1. The number of aromatic nitrogens is 1. The number of likely N-dealkylation sites (tertiary alicyclic amines) is 1. The Morgan fingerprint density at radius 3 is 2.16 bits per heavy atom. The Bertz CT molecular complexity index is 3370. The highest BCUT2D eigenvalue weighted by Gasteiger charge is 2.54. The van der Waals surface area contributed by atoms with E-state index < -0.39 is 128 Å². The standard InChI is InChI=1S/C61H74FN5O16/c1-28-13-12-14-29(2)59(76)63-45-48(65-21-17-35(18-22-65)64(9)37-19-23-66(26-37)47-40(62)25-38-46(57(47)80-11)67(36-15-16-36)27-39(52(38)72)60(77)78)54(74)42-43(53(45)73)51(71)33(6)56-44(42)58(75)61(8,83-56)81-24-20-41(79-10)30(3)55(82-34(7)68)32(5)50(70)31(4)49(28)69/h12-14,20,24-25,27-28,30-32,35-37,41,49-50,55,69-71H,15-19,21-23,26H2,1-11H3,(H,63,76)(H,77,78)/t28-,30+,31+,32+,37?,41-,49-,50+,55+,61-/m0/s1. The molecule has 446 valence electrons. The number of rotatable bonds is 9. The largest absolute Gasteiger partial charge is 0.507 e. The van der Waals surface area contributed by atoms with Gasteiger partial charge < -0.3 is 63.8 Å². The van der Waals surface area contributed by atoms with Gasteiger partial charge >= 0.3 is 17.7 Å². The second-order valence-corrected chi connectivity index (χ2v) is 23.2. The molecule has 3 fully saturated rings. The van der Waals surface area contributed by atoms with Crippen LogP contribution >= 0.6 is 0 Å². The number of aromatic carboxylic acids is 1. The van der Waals surface area contributed by atoms with Crippen LogP contribution in [0.1, 0.15) is 134 Å². The van der Waals surface area contributed by atoms with Gasteiger partial charge in [-0.2, -0.15) is 0 Å². The van der Waals surface area contributed by atoms with Crippen molar-refractivity contribution in [3.63, 3.8) is 0 Å². The quantitative estimate of drug-likeness (QED) is 0.151. The first-order chi connectivity index (χ1) is 39.3. The topological polar surface area (TPSA) is 273 Å². The van der Waals surface area contributed by atoms with Crippen molar-refractivity contribution >= 4 is 51.8 Å². The number of nitrogens with zero attached hydrogens (tertiary/aromatic N) is 4. The van der Waals surface area contributed by atoms with E-state index in [2.05, 4.69) is 10.2 Å². The van der Waals surface area contributed by atoms with E-state index >= 15 is 14.0 Å². The number of phenols is 1. The van der Waals surface area contributed by atoms with Gasteiger partial charge in [0.25, 0.3) is 11.7 Å². The number of aromatic hydroxyl groups is 1. The Kier molecular flexibility index (Phi) is 16.9. The number of carbonyl (C=O) groups excluding carboxylic acids is 5. The molecule has 5 bridgehead atoms. The molecule has 1 saturated carbocycles. The Morgan fingerprint density at radius 2 is 1.53 bits per heavy atom. The minimum absolute atomic E-state index is 0.0416. The highest BCUT2D eigenvalue weighted by Crippen LogP contribution is 2.50. The fraction of sp³-hybridized carbons (Fsp3) is 0.525. The van der Waals surface area contributed by atoms with Crippen molar-refractivity contribution in [2.75, 3.05) is 52.3 Å². The number of methoxy groups -OCH3 is 2. The molecule has 7 aliphatic rings. The summed E-state index contributed by atoms with van der Waals surface area (Å²) in [5.74, 6) is -11.7. The van der Waals surface area contributed by atoms with Crippen LogP contribution in [0.2, 0.25) is 0 Å². The number of amides is 1. The fourth-order valence-electron chi connectivity index (χ4n) is 12.8. The van der Waals surface area contributed by atoms with E-state index in [1.807, 2.05) is 11.9 Å². The van der Waals surface area contributed by atoms with Crippen LogP contribution in [0.15, 0.2) is 64.6 Å². The van der Waals surface area contributed by atoms with Crippen molar-refractivity contribution < 1.29 is 77.3 Å². The summed E-state index contributed by atoms with van der Waals surface area (Å²) in [4.78, 5) is 103. The first-order valence-corrected chi connectivity index (χ1v) is 28.2. The lowest BCUT2D eigenvalue weighted by molar-refractivity contribution is -0.160. The molecule has 5 N–H and O–H groups in total. The zero-order valence-corrected chi connectivity index (χ0v) is 48.6. The number of carboxylic acid groups (broad SMARTS) is 1. The molecule has 10 atom stereocenters. The van der Waals surface area contributed by atoms with Crippen LogP contribution in [-0.4, -0.2) is 160 Å². The average Bonchev–Trinajstić information content (AvgIpc) is 3.19. The number of esters is 1. The summed E-state index contributed by atoms with van der Waals surface area (Å²) in [6.07, 6.45) is 7.52. The molecule has 2 saturated heterocycles. The molecule has 83 heavy (non-hydrogen) atoms. The molecular formula is C61H74FN5O16. The predicted molar refractivity (Wildman–Crippen MR) is 301 cm³/mol. The van der Waals surface area contributed by atoms with Crippen molar-refractivity contribution in [3.05, 3.63) is 104 Å². The zero-order chi connectivity index (χ0) is 60.4. The molecule has 21 nitrogen and oxygen atoms in total. The molecule has 1 unspecified atom stereocenters. The van der Waals surface area contributed by atoms with Gasteiger partial charge in [0.05, 0.1) is 59.3 Å². The molecule has 6 heterocycles. The van der Waals surface area contributed by atoms with Crippen LogP contribution in [0.3, 0.4) is 0 Å². The van der Waals surface area contributed by atoms with Crippen LogP contribution in [0.5, 0.6) is 17.2 Å². The molecule has 10 rings (SSSR count). The number of ketones is 3. The number of phenolic OH excluding ortho intramolecular Hbond substituents is 1. The third kappa shape index (κ3) is 10.8. The maximum atomic E-state index is 16.4. The number of pyridine rings is 1. The van der Waals surface area contributed by atoms with Gasteiger partial charge in [-0.3, -0.25) is 33.7 Å². The van der Waals surface area contributed by atoms with Gasteiger partial charge in [-0.05, 0) is 65.1 Å². The van der Waals surface area contributed by atoms with Crippen molar-refractivity contribution in [3.8, 4) is 17.2 Å². The number of hydrogen-bond acceptors (Lipinski definition) is 18. The van der Waals surface area contributed by atoms with Gasteiger partial charge in [0.1, 0.15) is 40.2 Å². The van der Waals surface area contributed by atoms with Crippen LogP contribution in [0.4, 0.5) is 10.1 Å². The molecule has 0 radical (unpaired) electrons. The lowest BCUT2D eigenvalue weighted by Gasteiger charge is -2.41. The Hall–Kier alpha value is -7.40. The highest BCUT2D eigenvalue weighted by atomic mass is 19.1. The third-order valence-corrected chi connectivity index (χ3v) is 17.9. The van der Waals surface area contributed by atoms with E-state index in [1.165, 1.54) is 66.5 Å². The molecule has 22 heteroatoms. The minimum atomic E-state index is -2.16. The summed E-state index contributed by atoms with van der Waals surface area (Å²) < 4.78 is 47.8. The summed E-state index contributed by atoms with van der Waals surface area (Å²) >= 11 is 0. The van der Waals surface area contributed by atoms with Crippen LogP contribution in [-0.2, 0) is 23.8 Å². The van der Waals surface area contributed by atoms with Gasteiger partial charge in [-0.15, -0.1) is 0 Å². The first-order valence-electron chi connectivity index (χ1n) is 28.2. The smallest absolute Gasteiger partial charge is 0.341 e. The van der Waals surface area contributed by atoms with E-state index in [0.29, 0.717) is 37.9 Å². The molecule has 5 aliphatic heterocycles. The third-order valence-electron chi connectivity index (χ3n) is 17.9. The number of fused-ring (bicyclic) bond motifs is 15. The number of aliphatic hydroxyl groups is 2. The molecule has 2 aromatic carbocycles. The normalized spacial score (nSPS) is 28.4. The number of likely N-dealkylation sites (N-methyl/N-ethyl adjacent to an activating group) is 1. The number of ether oxygens (including phenoxy) is 5. The lowest BCUT2D eigenvalue weighted by atomic mass is 9.78. The maximum Gasteiger partial charge on any atom is 0.341 e. The summed E-state index contributed by atoms with van der Waals surface area (Å²) in [6, 6.07) is 0.822. The number of carbonyl (C=O) groups is 6. The van der Waals surface area contributed by atoms with Gasteiger partial charge in [-0.1, -0.05) is 45.9 Å². The van der Waals surface area contributed by atoms with Crippen molar-refractivity contribution in [2.24, 2.45) is 23.7 Å². The number of anilines is 1. The second-order valence-electron chi connectivity index (χ2n) is 23.2. The Labute approximate surface area is 479 Å². The van der Waals surface area contributed by atoms with Gasteiger partial charge in [0.2, 0.25) is 17.0 Å². The highest BCUT2D eigenvalue weighted by molar-refractivity contribution is 6.32. The predicted octanol–water partition coefficient (Wildman–Crippen LogP) is 6.13. The number of piperidine rings is 1. The van der Waals surface area contributed by atoms with E-state index in [9.17, 15) is 44.4 Å². The van der Waals surface area contributed by atoms with E-state index in [1.54, 1.807) is 49.3 Å². The zero-order valence-electron chi connectivity index (χ0n) is 48.6. The first kappa shape index (κ1) is 60.2. The van der Waals surface area contributed by atoms with Crippen molar-refractivity contribution in [1.29, 1.82) is 0 Å². The van der Waals surface area contributed by atoms with Crippen LogP contribution < -0.4 is 25.1 Å². The minimum Gasteiger partial charge on any atom is -0.507 e. The molecule has 2 aliphatic carbocycles. The van der Waals surface area contributed by atoms with Crippen molar-refractivity contribution in [2.45, 2.75) is 136 Å². The fourth-order valence-corrected chi connectivity index (χ4v) is 12.8. The SMILES string of the molecule is COc1c(N2CCC(N(C)C3CCN(C4=C5NC(=O)C(C)=CC=C[C@H](C)[C@H](O)[C@@H](C)[C@@H](O)[C@@H](C)[C@H](OC(C)=O)[C@H](C)[C@@H](OC)C=CO[C@@]6(C)Oc7c(C)c(O)c(c(c7C6=O)C4=O)C5=O)CC3)C2)c(F)cc2c(=O)c(C(=O)O)cn(C3CC3)c12. The number of allylic oxidation sites excluding steroid dienone is 4. The van der Waals surface area contributed by atoms with E-state index in [4.69, 9.17) is 23.7 Å². The molecule has 3 aromatic rings. The number of aliphatic hydroxyl groups excluding tert-OH is 2. The summed E-state index contributed by atoms with van der Waals surface area (Å²) in [5, 5.41) is 47.5. The maximum absolute atomic E-state index is 16.4. The van der Waals surface area contributed by atoms with Gasteiger partial charge in [0, 0.05) is 106 Å². The van der Waals surface area contributed by atoms with Crippen LogP contribution in [0.25, 0.3) is 10.9 Å². The summed E-state index contributed by atoms with van der Waals surface area (Å²) in [6.45, 7) is 13.5. The summed E-state index contributed by atoms with van der Waals surface area (Å²) in [5.41, 5.74) is -2.54. The Morgan fingerprint density at radius 1 is 0.867 bits per heavy atom. The Balaban J connectivity index is 1.03. The number of hydrogen-bond donors (Lipinski definition) is 5. The van der Waals surface area contributed by atoms with Gasteiger partial charge in [0.15, 0.2) is 11.6 Å². The number of nitrogens with one attached hydrogen (secondary N) is 1. The number of benzene rings is 2. The van der Waals surface area contributed by atoms with Crippen molar-refractivity contribution in [1.82, 2.24) is 19.7 Å². The molecule has 1 aromatic heterocycles. The monoisotopic (exact) mass is 1150 g/mol. The van der Waals surface area contributed by atoms with E-state index in [0.717, 1.165) is 18.9 Å². The average molecular weight is 1150 g/mol. The lowest BCUT2D eigenvalue weighted by Crippen LogP contribution is -2.50. The molecular weight excluding hydrogens is 1080 g/mol. The number of carboxylic acids is 1. The van der Waals surface area contributed by atoms with E-state index in [-0.39, 0.29) is 76.2 Å².